The zero-order valence-corrected chi connectivity index (χ0v) is 13.0. The molecule has 21 heavy (non-hydrogen) atoms. The summed E-state index contributed by atoms with van der Waals surface area (Å²) in [5.41, 5.74) is 7.85. The molecule has 0 spiro atoms. The van der Waals surface area contributed by atoms with Crippen molar-refractivity contribution in [3.05, 3.63) is 42.0 Å². The quantitative estimate of drug-likeness (QED) is 0.849. The predicted molar refractivity (Wildman–Crippen MR) is 91.9 cm³/mol. The first-order valence-electron chi connectivity index (χ1n) is 7.36. The molecule has 0 amide bonds. The lowest BCUT2D eigenvalue weighted by molar-refractivity contribution is 0.0997. The molecular formula is C17H20N2OS. The standard InChI is InChI=1S/C17H20N2OS/c1-11(16-7-4-10-20-16)19-15-9-8-14(17(18)21)12-5-2-3-6-13(12)15/h2-3,5-6,8-9,11,16,19H,4,7,10H2,1H3,(H2,18,21). The van der Waals surface area contributed by atoms with E-state index in [2.05, 4.69) is 30.4 Å². The lowest BCUT2D eigenvalue weighted by Crippen LogP contribution is -2.30. The number of benzene rings is 2. The van der Waals surface area contributed by atoms with Gasteiger partial charge in [-0.2, -0.15) is 0 Å². The van der Waals surface area contributed by atoms with Crippen LogP contribution in [0, 0.1) is 0 Å². The van der Waals surface area contributed by atoms with Crippen molar-refractivity contribution >= 4 is 33.7 Å². The summed E-state index contributed by atoms with van der Waals surface area (Å²) in [7, 11) is 0. The van der Waals surface area contributed by atoms with E-state index in [-0.39, 0.29) is 6.04 Å². The molecular weight excluding hydrogens is 280 g/mol. The molecule has 1 aliphatic rings. The average Bonchev–Trinajstić information content (AvgIpc) is 3.01. The third-order valence-electron chi connectivity index (χ3n) is 4.10. The van der Waals surface area contributed by atoms with Crippen LogP contribution in [-0.2, 0) is 4.74 Å². The molecule has 0 radical (unpaired) electrons. The van der Waals surface area contributed by atoms with Crippen LogP contribution < -0.4 is 11.1 Å². The van der Waals surface area contributed by atoms with Crippen molar-refractivity contribution in [1.82, 2.24) is 0 Å². The number of nitrogens with two attached hydrogens (primary N) is 1. The summed E-state index contributed by atoms with van der Waals surface area (Å²) in [4.78, 5) is 0.435. The van der Waals surface area contributed by atoms with Crippen LogP contribution in [0.15, 0.2) is 36.4 Å². The summed E-state index contributed by atoms with van der Waals surface area (Å²) < 4.78 is 5.76. The zero-order chi connectivity index (χ0) is 14.8. The summed E-state index contributed by atoms with van der Waals surface area (Å²) in [6.07, 6.45) is 2.56. The highest BCUT2D eigenvalue weighted by atomic mass is 32.1. The third kappa shape index (κ3) is 2.87. The van der Waals surface area contributed by atoms with Gasteiger partial charge in [0, 0.05) is 29.3 Å². The maximum absolute atomic E-state index is 5.82. The lowest BCUT2D eigenvalue weighted by atomic mass is 10.0. The minimum absolute atomic E-state index is 0.284. The van der Waals surface area contributed by atoms with Crippen LogP contribution in [-0.4, -0.2) is 23.7 Å². The molecule has 2 unspecified atom stereocenters. The zero-order valence-electron chi connectivity index (χ0n) is 12.1. The molecule has 0 aliphatic carbocycles. The van der Waals surface area contributed by atoms with Crippen molar-refractivity contribution in [1.29, 1.82) is 0 Å². The topological polar surface area (TPSA) is 47.3 Å². The number of nitrogens with one attached hydrogen (secondary N) is 1. The molecule has 0 saturated carbocycles. The van der Waals surface area contributed by atoms with Gasteiger partial charge >= 0.3 is 0 Å². The minimum Gasteiger partial charge on any atom is -0.389 e. The van der Waals surface area contributed by atoms with Crippen LogP contribution in [0.4, 0.5) is 5.69 Å². The summed E-state index contributed by atoms with van der Waals surface area (Å²) in [6.45, 7) is 3.05. The van der Waals surface area contributed by atoms with Gasteiger partial charge in [-0.15, -0.1) is 0 Å². The van der Waals surface area contributed by atoms with Crippen LogP contribution in [0.3, 0.4) is 0 Å². The second kappa shape index (κ2) is 6.00. The Morgan fingerprint density at radius 3 is 2.71 bits per heavy atom. The van der Waals surface area contributed by atoms with Gasteiger partial charge in [-0.25, -0.2) is 0 Å². The van der Waals surface area contributed by atoms with Crippen LogP contribution in [0.2, 0.25) is 0 Å². The van der Waals surface area contributed by atoms with Gasteiger partial charge in [0.2, 0.25) is 0 Å². The van der Waals surface area contributed by atoms with E-state index >= 15 is 0 Å². The molecule has 1 aliphatic heterocycles. The molecule has 1 saturated heterocycles. The first-order chi connectivity index (χ1) is 10.2. The van der Waals surface area contributed by atoms with Crippen molar-refractivity contribution in [2.75, 3.05) is 11.9 Å². The first-order valence-corrected chi connectivity index (χ1v) is 7.77. The number of thiocarbonyl (C=S) groups is 1. The summed E-state index contributed by atoms with van der Waals surface area (Å²) in [6, 6.07) is 12.5. The van der Waals surface area contributed by atoms with Gasteiger partial charge in [-0.3, -0.25) is 0 Å². The molecule has 1 heterocycles. The maximum atomic E-state index is 5.82. The Morgan fingerprint density at radius 2 is 2.05 bits per heavy atom. The maximum Gasteiger partial charge on any atom is 0.104 e. The second-order valence-electron chi connectivity index (χ2n) is 5.56. The van der Waals surface area contributed by atoms with Crippen molar-refractivity contribution in [2.24, 2.45) is 5.73 Å². The summed E-state index contributed by atoms with van der Waals surface area (Å²) in [5, 5.41) is 5.82. The molecule has 0 bridgehead atoms. The molecule has 110 valence electrons. The number of ether oxygens (including phenoxy) is 1. The summed E-state index contributed by atoms with van der Waals surface area (Å²) in [5.74, 6) is 0. The SMILES string of the molecule is CC(Nc1ccc(C(N)=S)c2ccccc12)C1CCCO1. The molecule has 2 aromatic carbocycles. The van der Waals surface area contributed by atoms with E-state index in [1.165, 1.54) is 0 Å². The van der Waals surface area contributed by atoms with Gasteiger partial charge in [0.05, 0.1) is 6.10 Å². The Bertz CT molecular complexity index is 665. The van der Waals surface area contributed by atoms with Gasteiger partial charge in [-0.1, -0.05) is 36.5 Å². The predicted octanol–water partition coefficient (Wildman–Crippen LogP) is 3.45. The van der Waals surface area contributed by atoms with Gasteiger partial charge in [0.15, 0.2) is 0 Å². The van der Waals surface area contributed by atoms with Crippen molar-refractivity contribution in [3.63, 3.8) is 0 Å². The van der Waals surface area contributed by atoms with Gasteiger partial charge < -0.3 is 15.8 Å². The Hall–Kier alpha value is -1.65. The largest absolute Gasteiger partial charge is 0.389 e. The number of fused-ring (bicyclic) bond motifs is 1. The Kier molecular flexibility index (Phi) is 4.08. The fourth-order valence-electron chi connectivity index (χ4n) is 2.97. The molecule has 2 atom stereocenters. The number of rotatable bonds is 4. The van der Waals surface area contributed by atoms with E-state index in [9.17, 15) is 0 Å². The molecule has 1 fully saturated rings. The van der Waals surface area contributed by atoms with E-state index < -0.39 is 0 Å². The van der Waals surface area contributed by atoms with Crippen molar-refractivity contribution in [3.8, 4) is 0 Å². The number of hydrogen-bond donors (Lipinski definition) is 2. The fourth-order valence-corrected chi connectivity index (χ4v) is 3.15. The van der Waals surface area contributed by atoms with E-state index in [1.807, 2.05) is 18.2 Å². The van der Waals surface area contributed by atoms with Gasteiger partial charge in [0.25, 0.3) is 0 Å². The molecule has 3 rings (SSSR count). The Labute approximate surface area is 130 Å². The van der Waals surface area contributed by atoms with Crippen LogP contribution >= 0.6 is 12.2 Å². The normalized spacial score (nSPS) is 19.6. The van der Waals surface area contributed by atoms with E-state index in [1.54, 1.807) is 0 Å². The highest BCUT2D eigenvalue weighted by Gasteiger charge is 2.22. The fraction of sp³-hybridized carbons (Fsp3) is 0.353. The van der Waals surface area contributed by atoms with E-state index in [0.29, 0.717) is 11.1 Å². The molecule has 2 aromatic rings. The third-order valence-corrected chi connectivity index (χ3v) is 4.32. The van der Waals surface area contributed by atoms with Gasteiger partial charge in [0.1, 0.15) is 4.99 Å². The minimum atomic E-state index is 0.284. The Balaban J connectivity index is 1.95. The molecule has 3 N–H and O–H groups in total. The molecule has 0 aromatic heterocycles. The highest BCUT2D eigenvalue weighted by molar-refractivity contribution is 7.80. The van der Waals surface area contributed by atoms with E-state index in [0.717, 1.165) is 41.5 Å². The lowest BCUT2D eigenvalue weighted by Gasteiger charge is -2.22. The second-order valence-corrected chi connectivity index (χ2v) is 5.99. The Morgan fingerprint density at radius 1 is 1.29 bits per heavy atom. The average molecular weight is 300 g/mol. The van der Waals surface area contributed by atoms with Crippen LogP contribution in [0.1, 0.15) is 25.3 Å². The molecule has 4 heteroatoms. The number of hydrogen-bond acceptors (Lipinski definition) is 3. The number of anilines is 1. The van der Waals surface area contributed by atoms with Crippen LogP contribution in [0.5, 0.6) is 0 Å². The van der Waals surface area contributed by atoms with Gasteiger partial charge in [-0.05, 0) is 37.3 Å². The monoisotopic (exact) mass is 300 g/mol. The van der Waals surface area contributed by atoms with Crippen molar-refractivity contribution < 1.29 is 4.74 Å². The van der Waals surface area contributed by atoms with Crippen LogP contribution in [0.25, 0.3) is 10.8 Å². The smallest absolute Gasteiger partial charge is 0.104 e. The highest BCUT2D eigenvalue weighted by Crippen LogP contribution is 2.28. The van der Waals surface area contributed by atoms with E-state index in [4.69, 9.17) is 22.7 Å². The van der Waals surface area contributed by atoms with Crippen molar-refractivity contribution in [2.45, 2.75) is 31.9 Å². The summed E-state index contributed by atoms with van der Waals surface area (Å²) >= 11 is 5.15. The molecule has 3 nitrogen and oxygen atoms in total. The first kappa shape index (κ1) is 14.3.